The Morgan fingerprint density at radius 1 is 1.37 bits per heavy atom. The Balaban J connectivity index is 2.00. The van der Waals surface area contributed by atoms with Crippen molar-refractivity contribution in [3.05, 3.63) is 58.4 Å². The molecule has 0 bridgehead atoms. The third-order valence-electron chi connectivity index (χ3n) is 4.56. The number of nitrogens with one attached hydrogen (secondary N) is 2. The predicted molar refractivity (Wildman–Crippen MR) is 110 cm³/mol. The van der Waals surface area contributed by atoms with Gasteiger partial charge in [-0.1, -0.05) is 38.1 Å². The smallest absolute Gasteiger partial charge is 0.270 e. The van der Waals surface area contributed by atoms with E-state index in [0.717, 1.165) is 24.2 Å². The maximum absolute atomic E-state index is 12.8. The first kappa shape index (κ1) is 19.4. The lowest BCUT2D eigenvalue weighted by molar-refractivity contribution is -0.113. The Hall–Kier alpha value is -2.41. The number of rotatable bonds is 7. The van der Waals surface area contributed by atoms with E-state index in [1.165, 1.54) is 11.8 Å². The highest BCUT2D eigenvalue weighted by atomic mass is 32.2. The average Bonchev–Trinajstić information content (AvgIpc) is 2.87. The zero-order valence-corrected chi connectivity index (χ0v) is 16.5. The van der Waals surface area contributed by atoms with Gasteiger partial charge in [-0.25, -0.2) is 0 Å². The minimum atomic E-state index is -0.216. The lowest BCUT2D eigenvalue weighted by Crippen LogP contribution is -2.18. The summed E-state index contributed by atoms with van der Waals surface area (Å²) in [5.41, 5.74) is 1.42. The van der Waals surface area contributed by atoms with Crippen LogP contribution in [0.4, 0.5) is 5.82 Å². The fraction of sp³-hybridized carbons (Fsp3) is 0.400. The Kier molecular flexibility index (Phi) is 6.11. The number of thioether (sulfide) groups is 1. The normalized spacial score (nSPS) is 17.6. The topological polar surface area (TPSA) is 76.1 Å². The maximum Gasteiger partial charge on any atom is 0.270 e. The molecule has 1 aromatic carbocycles. The Labute approximate surface area is 163 Å². The van der Waals surface area contributed by atoms with Crippen molar-refractivity contribution in [2.24, 2.45) is 0 Å². The molecule has 2 heterocycles. The van der Waals surface area contributed by atoms with Crippen LogP contribution in [0.15, 0.2) is 41.7 Å². The molecule has 2 N–H and O–H groups in total. The van der Waals surface area contributed by atoms with Crippen LogP contribution in [0, 0.1) is 0 Å². The first-order valence-electron chi connectivity index (χ1n) is 9.14. The second kappa shape index (κ2) is 8.52. The number of amides is 1. The number of aromatic nitrogens is 2. The Morgan fingerprint density at radius 3 is 2.78 bits per heavy atom. The van der Waals surface area contributed by atoms with E-state index in [0.29, 0.717) is 23.7 Å². The lowest BCUT2D eigenvalue weighted by atomic mass is 10.1. The molecular weight excluding hydrogens is 362 g/mol. The molecule has 1 amide bonds. The molecule has 1 aliphatic rings. The summed E-state index contributed by atoms with van der Waals surface area (Å²) in [4.78, 5) is 25.0. The Bertz CT molecular complexity index is 870. The summed E-state index contributed by atoms with van der Waals surface area (Å²) in [7, 11) is 0. The first-order chi connectivity index (χ1) is 13.0. The van der Waals surface area contributed by atoms with Crippen LogP contribution in [0.5, 0.6) is 5.75 Å². The number of nitrogens with zero attached hydrogens (tertiary/aromatic N) is 1. The van der Waals surface area contributed by atoms with E-state index < -0.39 is 0 Å². The van der Waals surface area contributed by atoms with E-state index in [1.807, 2.05) is 31.2 Å². The summed E-state index contributed by atoms with van der Waals surface area (Å²) in [5.74, 6) is 1.55. The van der Waals surface area contributed by atoms with Gasteiger partial charge in [-0.3, -0.25) is 19.4 Å². The van der Waals surface area contributed by atoms with Gasteiger partial charge in [-0.15, -0.1) is 11.8 Å². The molecule has 7 heteroatoms. The van der Waals surface area contributed by atoms with E-state index >= 15 is 0 Å². The van der Waals surface area contributed by atoms with Gasteiger partial charge in [0.2, 0.25) is 5.91 Å². The molecule has 3 rings (SSSR count). The first-order valence-corrected chi connectivity index (χ1v) is 10.2. The highest BCUT2D eigenvalue weighted by Crippen LogP contribution is 2.40. The summed E-state index contributed by atoms with van der Waals surface area (Å²) >= 11 is 1.46. The predicted octanol–water partition coefficient (Wildman–Crippen LogP) is 3.88. The number of H-pyrrole nitrogens is 1. The molecule has 6 nitrogen and oxygen atoms in total. The van der Waals surface area contributed by atoms with Gasteiger partial charge in [0.05, 0.1) is 16.6 Å². The van der Waals surface area contributed by atoms with Crippen LogP contribution in [0.3, 0.4) is 0 Å². The average molecular weight is 388 g/mol. The number of fused-ring (bicyclic) bond motifs is 1. The monoisotopic (exact) mass is 387 g/mol. The standard InChI is InChI=1S/C20H25N3O3S/c1-4-6-13(3)23-19-17(20(25)22-23)18(27-12-16(24)21-19)14-7-9-15(10-8-14)26-11-5-2/h5,7-10,13,18H,2,4,6,11-12H2,1,3H3,(H,21,24)(H,22,25)/t13-,18-/m0/s1. The molecule has 0 radical (unpaired) electrons. The maximum atomic E-state index is 12.8. The van der Waals surface area contributed by atoms with Crippen molar-refractivity contribution in [3.8, 4) is 5.75 Å². The molecule has 0 unspecified atom stereocenters. The molecule has 144 valence electrons. The largest absolute Gasteiger partial charge is 0.490 e. The third kappa shape index (κ3) is 4.13. The minimum absolute atomic E-state index is 0.0915. The third-order valence-corrected chi connectivity index (χ3v) is 5.83. The molecule has 1 aliphatic heterocycles. The van der Waals surface area contributed by atoms with Crippen molar-refractivity contribution in [1.29, 1.82) is 0 Å². The van der Waals surface area contributed by atoms with Gasteiger partial charge in [-0.2, -0.15) is 0 Å². The van der Waals surface area contributed by atoms with E-state index in [-0.39, 0.29) is 22.8 Å². The van der Waals surface area contributed by atoms with Crippen molar-refractivity contribution < 1.29 is 9.53 Å². The van der Waals surface area contributed by atoms with Gasteiger partial charge in [-0.05, 0) is 31.0 Å². The fourth-order valence-corrected chi connectivity index (χ4v) is 4.40. The van der Waals surface area contributed by atoms with Gasteiger partial charge >= 0.3 is 0 Å². The lowest BCUT2D eigenvalue weighted by Gasteiger charge is -2.17. The number of hydrogen-bond acceptors (Lipinski definition) is 4. The van der Waals surface area contributed by atoms with Gasteiger partial charge in [0, 0.05) is 6.04 Å². The summed E-state index contributed by atoms with van der Waals surface area (Å²) in [5, 5.41) is 5.63. The molecular formula is C20H25N3O3S. The molecule has 0 spiro atoms. The summed E-state index contributed by atoms with van der Waals surface area (Å²) in [6.45, 7) is 8.23. The SMILES string of the molecule is C=CCOc1ccc([C@@H]2SCC(=O)Nc3c2c(=O)[nH]n3[C@@H](C)CCC)cc1. The molecule has 27 heavy (non-hydrogen) atoms. The van der Waals surface area contributed by atoms with E-state index in [9.17, 15) is 9.59 Å². The quantitative estimate of drug-likeness (QED) is 0.707. The number of hydrogen-bond donors (Lipinski definition) is 2. The fourth-order valence-electron chi connectivity index (χ4n) is 3.28. The number of benzene rings is 1. The molecule has 0 saturated heterocycles. The van der Waals surface area contributed by atoms with Crippen LogP contribution in [-0.2, 0) is 4.79 Å². The van der Waals surface area contributed by atoms with Crippen LogP contribution in [0.2, 0.25) is 0 Å². The molecule has 1 aromatic heterocycles. The number of ether oxygens (including phenoxy) is 1. The van der Waals surface area contributed by atoms with Crippen molar-refractivity contribution in [2.75, 3.05) is 17.7 Å². The number of carbonyl (C=O) groups excluding carboxylic acids is 1. The number of carbonyl (C=O) groups is 1. The van der Waals surface area contributed by atoms with Crippen molar-refractivity contribution in [2.45, 2.75) is 38.0 Å². The van der Waals surface area contributed by atoms with Crippen LogP contribution in [0.25, 0.3) is 0 Å². The molecule has 2 aromatic rings. The molecule has 0 fully saturated rings. The van der Waals surface area contributed by atoms with Crippen LogP contribution in [0.1, 0.15) is 49.1 Å². The van der Waals surface area contributed by atoms with Gasteiger partial charge in [0.15, 0.2) is 0 Å². The number of aromatic amines is 1. The summed E-state index contributed by atoms with van der Waals surface area (Å²) in [6.07, 6.45) is 3.60. The van der Waals surface area contributed by atoms with Crippen LogP contribution >= 0.6 is 11.8 Å². The van der Waals surface area contributed by atoms with Crippen molar-refractivity contribution >= 4 is 23.5 Å². The van der Waals surface area contributed by atoms with E-state index in [1.54, 1.807) is 10.8 Å². The highest BCUT2D eigenvalue weighted by Gasteiger charge is 2.31. The zero-order valence-electron chi connectivity index (χ0n) is 15.7. The van der Waals surface area contributed by atoms with Gasteiger partial charge in [0.1, 0.15) is 18.2 Å². The molecule has 2 atom stereocenters. The Morgan fingerprint density at radius 2 is 2.11 bits per heavy atom. The van der Waals surface area contributed by atoms with Gasteiger partial charge < -0.3 is 10.1 Å². The minimum Gasteiger partial charge on any atom is -0.490 e. The zero-order chi connectivity index (χ0) is 19.4. The van der Waals surface area contributed by atoms with Gasteiger partial charge in [0.25, 0.3) is 5.56 Å². The second-order valence-corrected chi connectivity index (χ2v) is 7.71. The van der Waals surface area contributed by atoms with E-state index in [4.69, 9.17) is 4.74 Å². The molecule has 0 saturated carbocycles. The van der Waals surface area contributed by atoms with Crippen molar-refractivity contribution in [1.82, 2.24) is 9.78 Å². The highest BCUT2D eigenvalue weighted by molar-refractivity contribution is 8.00. The van der Waals surface area contributed by atoms with E-state index in [2.05, 4.69) is 23.9 Å². The second-order valence-electron chi connectivity index (χ2n) is 6.62. The summed E-state index contributed by atoms with van der Waals surface area (Å²) in [6, 6.07) is 7.75. The number of anilines is 1. The van der Waals surface area contributed by atoms with Crippen LogP contribution in [-0.4, -0.2) is 28.0 Å². The van der Waals surface area contributed by atoms with Crippen LogP contribution < -0.4 is 15.6 Å². The molecule has 0 aliphatic carbocycles. The van der Waals surface area contributed by atoms with Crippen molar-refractivity contribution in [3.63, 3.8) is 0 Å². The summed E-state index contributed by atoms with van der Waals surface area (Å²) < 4.78 is 7.34.